The highest BCUT2D eigenvalue weighted by molar-refractivity contribution is 5.44. The van der Waals surface area contributed by atoms with Gasteiger partial charge in [0.2, 0.25) is 0 Å². The number of rotatable bonds is 2. The number of hydrogen-bond acceptors (Lipinski definition) is 2. The molecule has 0 radical (unpaired) electrons. The van der Waals surface area contributed by atoms with E-state index in [1.54, 1.807) is 0 Å². The van der Waals surface area contributed by atoms with Crippen molar-refractivity contribution in [2.24, 2.45) is 0 Å². The first kappa shape index (κ1) is 12.1. The maximum absolute atomic E-state index is 9.11. The second-order valence-electron chi connectivity index (χ2n) is 5.05. The molecule has 2 rings (SSSR count). The molecule has 1 N–H and O–H groups in total. The molecular formula is C15H20N2. The van der Waals surface area contributed by atoms with E-state index in [0.717, 1.165) is 24.1 Å². The Morgan fingerprint density at radius 3 is 2.82 bits per heavy atom. The Kier molecular flexibility index (Phi) is 3.81. The molecule has 1 aromatic rings. The van der Waals surface area contributed by atoms with Gasteiger partial charge in [0.05, 0.1) is 11.6 Å². The Balaban J connectivity index is 2.16. The summed E-state index contributed by atoms with van der Waals surface area (Å²) in [7, 11) is 0. The second-order valence-corrected chi connectivity index (χ2v) is 5.05. The molecule has 2 heteroatoms. The van der Waals surface area contributed by atoms with E-state index >= 15 is 0 Å². The average Bonchev–Trinajstić information content (AvgIpc) is 2.35. The number of nitriles is 1. The van der Waals surface area contributed by atoms with Crippen LogP contribution < -0.4 is 5.32 Å². The SMILES string of the molecule is Cc1cc(CC2CCCCN2)cc(C#N)c1C. The highest BCUT2D eigenvalue weighted by atomic mass is 14.9. The topological polar surface area (TPSA) is 35.8 Å². The Morgan fingerprint density at radius 2 is 2.18 bits per heavy atom. The van der Waals surface area contributed by atoms with Crippen molar-refractivity contribution in [3.05, 3.63) is 34.4 Å². The third-order valence-corrected chi connectivity index (χ3v) is 3.74. The number of piperidine rings is 1. The lowest BCUT2D eigenvalue weighted by Crippen LogP contribution is -2.35. The van der Waals surface area contributed by atoms with Crippen molar-refractivity contribution in [3.8, 4) is 6.07 Å². The Morgan fingerprint density at radius 1 is 1.35 bits per heavy atom. The van der Waals surface area contributed by atoms with Crippen LogP contribution in [-0.4, -0.2) is 12.6 Å². The van der Waals surface area contributed by atoms with Crippen LogP contribution in [0.5, 0.6) is 0 Å². The molecule has 0 saturated carbocycles. The number of nitrogens with zero attached hydrogens (tertiary/aromatic N) is 1. The van der Waals surface area contributed by atoms with Crippen LogP contribution in [0.25, 0.3) is 0 Å². The molecule has 17 heavy (non-hydrogen) atoms. The Bertz CT molecular complexity index is 437. The first-order valence-electron chi connectivity index (χ1n) is 6.44. The molecule has 2 nitrogen and oxygen atoms in total. The number of benzene rings is 1. The van der Waals surface area contributed by atoms with Crippen LogP contribution in [0.4, 0.5) is 0 Å². The lowest BCUT2D eigenvalue weighted by molar-refractivity contribution is 0.399. The Hall–Kier alpha value is -1.33. The molecule has 1 atom stereocenters. The molecule has 0 spiro atoms. The summed E-state index contributed by atoms with van der Waals surface area (Å²) in [5.41, 5.74) is 4.47. The highest BCUT2D eigenvalue weighted by Crippen LogP contribution is 2.19. The van der Waals surface area contributed by atoms with Gasteiger partial charge in [-0.25, -0.2) is 0 Å². The largest absolute Gasteiger partial charge is 0.314 e. The maximum atomic E-state index is 9.11. The van der Waals surface area contributed by atoms with E-state index in [4.69, 9.17) is 5.26 Å². The van der Waals surface area contributed by atoms with Crippen LogP contribution in [0, 0.1) is 25.2 Å². The second kappa shape index (κ2) is 5.33. The van der Waals surface area contributed by atoms with Crippen LogP contribution in [0.3, 0.4) is 0 Å². The normalized spacial score (nSPS) is 19.9. The zero-order valence-corrected chi connectivity index (χ0v) is 10.7. The summed E-state index contributed by atoms with van der Waals surface area (Å²) in [4.78, 5) is 0. The molecule has 1 aliphatic heterocycles. The maximum Gasteiger partial charge on any atom is 0.0994 e. The van der Waals surface area contributed by atoms with E-state index in [9.17, 15) is 0 Å². The van der Waals surface area contributed by atoms with Gasteiger partial charge in [-0.15, -0.1) is 0 Å². The van der Waals surface area contributed by atoms with Crippen LogP contribution in [0.1, 0.15) is 41.5 Å². The lowest BCUT2D eigenvalue weighted by atomic mass is 9.93. The first-order valence-corrected chi connectivity index (χ1v) is 6.44. The predicted molar refractivity (Wildman–Crippen MR) is 70.0 cm³/mol. The van der Waals surface area contributed by atoms with E-state index in [1.165, 1.54) is 30.4 Å². The minimum atomic E-state index is 0.595. The van der Waals surface area contributed by atoms with Crippen molar-refractivity contribution in [3.63, 3.8) is 0 Å². The van der Waals surface area contributed by atoms with Gasteiger partial charge in [-0.2, -0.15) is 5.26 Å². The van der Waals surface area contributed by atoms with Crippen LogP contribution in [0.2, 0.25) is 0 Å². The van der Waals surface area contributed by atoms with Crippen molar-refractivity contribution >= 4 is 0 Å². The zero-order chi connectivity index (χ0) is 12.3. The summed E-state index contributed by atoms with van der Waals surface area (Å²) < 4.78 is 0. The summed E-state index contributed by atoms with van der Waals surface area (Å²) in [6, 6.07) is 7.17. The van der Waals surface area contributed by atoms with Crippen LogP contribution >= 0.6 is 0 Å². The smallest absolute Gasteiger partial charge is 0.0994 e. The molecule has 0 amide bonds. The molecule has 1 aliphatic rings. The summed E-state index contributed by atoms with van der Waals surface area (Å²) in [6.45, 7) is 5.26. The molecule has 1 saturated heterocycles. The standard InChI is InChI=1S/C15H20N2/c1-11-7-13(8-14(10-16)12(11)2)9-15-5-3-4-6-17-15/h7-8,15,17H,3-6,9H2,1-2H3. The van der Waals surface area contributed by atoms with Crippen LogP contribution in [0.15, 0.2) is 12.1 Å². The van der Waals surface area contributed by atoms with Gasteiger partial charge in [0.15, 0.2) is 0 Å². The number of hydrogen-bond donors (Lipinski definition) is 1. The molecule has 1 unspecified atom stereocenters. The fourth-order valence-electron chi connectivity index (χ4n) is 2.55. The quantitative estimate of drug-likeness (QED) is 0.845. The first-order chi connectivity index (χ1) is 8.20. The van der Waals surface area contributed by atoms with Gasteiger partial charge in [-0.3, -0.25) is 0 Å². The van der Waals surface area contributed by atoms with E-state index in [1.807, 2.05) is 6.92 Å². The van der Waals surface area contributed by atoms with Gasteiger partial charge >= 0.3 is 0 Å². The van der Waals surface area contributed by atoms with Gasteiger partial charge < -0.3 is 5.32 Å². The molecule has 1 aromatic carbocycles. The van der Waals surface area contributed by atoms with Crippen LogP contribution in [-0.2, 0) is 6.42 Å². The molecule has 0 aromatic heterocycles. The van der Waals surface area contributed by atoms with Crippen molar-refractivity contribution < 1.29 is 0 Å². The summed E-state index contributed by atoms with van der Waals surface area (Å²) in [6.07, 6.45) is 4.94. The van der Waals surface area contributed by atoms with E-state index in [0.29, 0.717) is 6.04 Å². The molecule has 1 fully saturated rings. The Labute approximate surface area is 104 Å². The summed E-state index contributed by atoms with van der Waals surface area (Å²) >= 11 is 0. The number of nitrogens with one attached hydrogen (secondary N) is 1. The molecule has 0 bridgehead atoms. The lowest BCUT2D eigenvalue weighted by Gasteiger charge is -2.23. The number of aryl methyl sites for hydroxylation is 1. The molecule has 0 aliphatic carbocycles. The fraction of sp³-hybridized carbons (Fsp3) is 0.533. The molecular weight excluding hydrogens is 208 g/mol. The van der Waals surface area contributed by atoms with Gasteiger partial charge in [-0.05, 0) is 62.4 Å². The zero-order valence-electron chi connectivity index (χ0n) is 10.7. The van der Waals surface area contributed by atoms with Crippen molar-refractivity contribution in [2.45, 2.75) is 45.6 Å². The average molecular weight is 228 g/mol. The van der Waals surface area contributed by atoms with Gasteiger partial charge in [0.1, 0.15) is 0 Å². The van der Waals surface area contributed by atoms with E-state index in [-0.39, 0.29) is 0 Å². The predicted octanol–water partition coefficient (Wildman–Crippen LogP) is 2.86. The minimum absolute atomic E-state index is 0.595. The van der Waals surface area contributed by atoms with Crippen molar-refractivity contribution in [1.82, 2.24) is 5.32 Å². The molecule has 90 valence electrons. The van der Waals surface area contributed by atoms with E-state index < -0.39 is 0 Å². The van der Waals surface area contributed by atoms with Crippen molar-refractivity contribution in [2.75, 3.05) is 6.54 Å². The van der Waals surface area contributed by atoms with Crippen molar-refractivity contribution in [1.29, 1.82) is 5.26 Å². The third-order valence-electron chi connectivity index (χ3n) is 3.74. The minimum Gasteiger partial charge on any atom is -0.314 e. The van der Waals surface area contributed by atoms with Gasteiger partial charge in [0.25, 0.3) is 0 Å². The monoisotopic (exact) mass is 228 g/mol. The summed E-state index contributed by atoms with van der Waals surface area (Å²) in [5, 5.41) is 12.7. The van der Waals surface area contributed by atoms with Gasteiger partial charge in [-0.1, -0.05) is 12.5 Å². The van der Waals surface area contributed by atoms with Gasteiger partial charge in [0, 0.05) is 6.04 Å². The highest BCUT2D eigenvalue weighted by Gasteiger charge is 2.14. The third kappa shape index (κ3) is 2.87. The fourth-order valence-corrected chi connectivity index (χ4v) is 2.55. The van der Waals surface area contributed by atoms with E-state index in [2.05, 4.69) is 30.4 Å². The molecule has 1 heterocycles. The summed E-state index contributed by atoms with van der Waals surface area (Å²) in [5.74, 6) is 0.